The Bertz CT molecular complexity index is 758. The molecule has 0 saturated carbocycles. The molecule has 0 aliphatic heterocycles. The monoisotopic (exact) mass is 329 g/mol. The third kappa shape index (κ3) is 3.79. The molecule has 0 amide bonds. The normalized spacial score (nSPS) is 11.0. The smallest absolute Gasteiger partial charge is 0.272 e. The van der Waals surface area contributed by atoms with Crippen LogP contribution in [0.4, 0.5) is 5.69 Å². The second-order valence-electron chi connectivity index (χ2n) is 5.31. The van der Waals surface area contributed by atoms with Crippen LogP contribution in [0.15, 0.2) is 30.3 Å². The lowest BCUT2D eigenvalue weighted by molar-refractivity contribution is -0.385. The van der Waals surface area contributed by atoms with Gasteiger partial charge in [-0.05, 0) is 35.7 Å². The molecule has 2 rings (SSSR count). The highest BCUT2D eigenvalue weighted by molar-refractivity contribution is 5.72. The summed E-state index contributed by atoms with van der Waals surface area (Å²) in [6.07, 6.45) is 3.53. The minimum absolute atomic E-state index is 0.0707. The molecular formula is C18H19NO5. The molecule has 6 nitrogen and oxygen atoms in total. The summed E-state index contributed by atoms with van der Waals surface area (Å²) in [6.45, 7) is 1.24. The zero-order valence-electron chi connectivity index (χ0n) is 13.5. The average Bonchev–Trinajstić information content (AvgIpc) is 2.59. The van der Waals surface area contributed by atoms with E-state index in [1.54, 1.807) is 43.3 Å². The van der Waals surface area contributed by atoms with Gasteiger partial charge in [0.05, 0.1) is 25.2 Å². The molecular weight excluding hydrogens is 310 g/mol. The van der Waals surface area contributed by atoms with Crippen LogP contribution in [-0.4, -0.2) is 22.2 Å². The second kappa shape index (κ2) is 7.72. The molecule has 0 aliphatic carbocycles. The Balaban J connectivity index is 2.39. The van der Waals surface area contributed by atoms with Crippen LogP contribution in [0.1, 0.15) is 27.8 Å². The first-order valence-electron chi connectivity index (χ1n) is 7.34. The lowest BCUT2D eigenvalue weighted by Gasteiger charge is -2.12. The number of aryl methyl sites for hydroxylation is 1. The highest BCUT2D eigenvalue weighted by Gasteiger charge is 2.11. The Morgan fingerprint density at radius 3 is 2.42 bits per heavy atom. The van der Waals surface area contributed by atoms with Gasteiger partial charge in [-0.1, -0.05) is 24.3 Å². The van der Waals surface area contributed by atoms with Crippen molar-refractivity contribution in [1.29, 1.82) is 0 Å². The summed E-state index contributed by atoms with van der Waals surface area (Å²) in [7, 11) is 1.49. The predicted octanol–water partition coefficient (Wildman–Crippen LogP) is 3.07. The molecule has 2 aromatic rings. The third-order valence-corrected chi connectivity index (χ3v) is 3.77. The first-order valence-corrected chi connectivity index (χ1v) is 7.34. The summed E-state index contributed by atoms with van der Waals surface area (Å²) >= 11 is 0. The summed E-state index contributed by atoms with van der Waals surface area (Å²) in [4.78, 5) is 10.6. The first-order chi connectivity index (χ1) is 11.5. The maximum Gasteiger partial charge on any atom is 0.272 e. The number of nitrogens with zero attached hydrogens (tertiary/aromatic N) is 1. The van der Waals surface area contributed by atoms with Crippen LogP contribution >= 0.6 is 0 Å². The number of nitro groups is 1. The number of hydrogen-bond donors (Lipinski definition) is 2. The van der Waals surface area contributed by atoms with E-state index in [0.717, 1.165) is 5.56 Å². The van der Waals surface area contributed by atoms with Gasteiger partial charge in [-0.15, -0.1) is 0 Å². The van der Waals surface area contributed by atoms with E-state index in [4.69, 9.17) is 4.74 Å². The lowest BCUT2D eigenvalue weighted by Crippen LogP contribution is -1.99. The summed E-state index contributed by atoms with van der Waals surface area (Å²) in [5.41, 5.74) is 3.25. The third-order valence-electron chi connectivity index (χ3n) is 3.77. The standard InChI is InChI=1S/C18H19NO5/c1-12-3-4-13(8-17(12)19(22)23)5-6-14-7-15(10-20)16(11-21)18(9-14)24-2/h3-9,20-21H,10-11H2,1-2H3/b6-5-. The fourth-order valence-electron chi connectivity index (χ4n) is 2.44. The number of hydrogen-bond acceptors (Lipinski definition) is 5. The fourth-order valence-corrected chi connectivity index (χ4v) is 2.44. The number of benzene rings is 2. The average molecular weight is 329 g/mol. The molecule has 0 heterocycles. The molecule has 0 fully saturated rings. The number of methoxy groups -OCH3 is 1. The van der Waals surface area contributed by atoms with Crippen LogP contribution in [0, 0.1) is 17.0 Å². The van der Waals surface area contributed by atoms with Gasteiger partial charge >= 0.3 is 0 Å². The largest absolute Gasteiger partial charge is 0.496 e. The first kappa shape index (κ1) is 17.7. The van der Waals surface area contributed by atoms with Crippen LogP contribution in [0.25, 0.3) is 12.2 Å². The number of nitro benzene ring substituents is 1. The van der Waals surface area contributed by atoms with Gasteiger partial charge in [0, 0.05) is 17.2 Å². The molecule has 0 atom stereocenters. The highest BCUT2D eigenvalue weighted by Crippen LogP contribution is 2.27. The summed E-state index contributed by atoms with van der Waals surface area (Å²) in [6, 6.07) is 8.49. The Morgan fingerprint density at radius 1 is 1.12 bits per heavy atom. The molecule has 0 spiro atoms. The maximum atomic E-state index is 11.0. The minimum atomic E-state index is -0.407. The van der Waals surface area contributed by atoms with E-state index in [1.165, 1.54) is 13.2 Å². The zero-order chi connectivity index (χ0) is 17.7. The van der Waals surface area contributed by atoms with Crippen molar-refractivity contribution in [1.82, 2.24) is 0 Å². The summed E-state index contributed by atoms with van der Waals surface area (Å²) in [5.74, 6) is 0.485. The molecule has 0 saturated heterocycles. The molecule has 126 valence electrons. The van der Waals surface area contributed by atoms with Crippen molar-refractivity contribution < 1.29 is 19.9 Å². The number of ether oxygens (including phenoxy) is 1. The van der Waals surface area contributed by atoms with Crippen LogP contribution in [0.5, 0.6) is 5.75 Å². The van der Waals surface area contributed by atoms with E-state index < -0.39 is 4.92 Å². The molecule has 24 heavy (non-hydrogen) atoms. The molecule has 0 aliphatic rings. The fraction of sp³-hybridized carbons (Fsp3) is 0.222. The molecule has 2 N–H and O–H groups in total. The van der Waals surface area contributed by atoms with Gasteiger partial charge in [-0.3, -0.25) is 10.1 Å². The topological polar surface area (TPSA) is 92.8 Å². The van der Waals surface area contributed by atoms with E-state index >= 15 is 0 Å². The van der Waals surface area contributed by atoms with Crippen LogP contribution in [0.3, 0.4) is 0 Å². The number of aliphatic hydroxyl groups excluding tert-OH is 2. The zero-order valence-corrected chi connectivity index (χ0v) is 13.5. The van der Waals surface area contributed by atoms with E-state index in [9.17, 15) is 20.3 Å². The van der Waals surface area contributed by atoms with Gasteiger partial charge in [0.1, 0.15) is 5.75 Å². The Kier molecular flexibility index (Phi) is 5.68. The Hall–Kier alpha value is -2.70. The van der Waals surface area contributed by atoms with E-state index in [0.29, 0.717) is 28.0 Å². The van der Waals surface area contributed by atoms with Gasteiger partial charge in [-0.2, -0.15) is 0 Å². The summed E-state index contributed by atoms with van der Waals surface area (Å²) < 4.78 is 5.24. The van der Waals surface area contributed by atoms with Gasteiger partial charge < -0.3 is 14.9 Å². The highest BCUT2D eigenvalue weighted by atomic mass is 16.6. The van der Waals surface area contributed by atoms with Crippen LogP contribution < -0.4 is 4.74 Å². The van der Waals surface area contributed by atoms with Crippen LogP contribution in [0.2, 0.25) is 0 Å². The summed E-state index contributed by atoms with van der Waals surface area (Å²) in [5, 5.41) is 29.8. The number of aliphatic hydroxyl groups is 2. The molecule has 0 radical (unpaired) electrons. The quantitative estimate of drug-likeness (QED) is 0.483. The van der Waals surface area contributed by atoms with Crippen LogP contribution in [-0.2, 0) is 13.2 Å². The molecule has 2 aromatic carbocycles. The molecule has 0 bridgehead atoms. The Morgan fingerprint density at radius 2 is 1.83 bits per heavy atom. The Labute approximate surface area is 139 Å². The van der Waals surface area contributed by atoms with Crippen molar-refractivity contribution in [2.75, 3.05) is 7.11 Å². The second-order valence-corrected chi connectivity index (χ2v) is 5.31. The SMILES string of the molecule is COc1cc(/C=C\c2ccc(C)c([N+](=O)[O-])c2)cc(CO)c1CO. The van der Waals surface area contributed by atoms with Crippen molar-refractivity contribution in [2.45, 2.75) is 20.1 Å². The molecule has 6 heteroatoms. The van der Waals surface area contributed by atoms with Crippen molar-refractivity contribution in [3.63, 3.8) is 0 Å². The predicted molar refractivity (Wildman–Crippen MR) is 91.6 cm³/mol. The van der Waals surface area contributed by atoms with E-state index in [-0.39, 0.29) is 18.9 Å². The van der Waals surface area contributed by atoms with Gasteiger partial charge in [0.2, 0.25) is 0 Å². The van der Waals surface area contributed by atoms with Crippen molar-refractivity contribution in [2.24, 2.45) is 0 Å². The molecule has 0 unspecified atom stereocenters. The number of rotatable bonds is 6. The van der Waals surface area contributed by atoms with Gasteiger partial charge in [0.15, 0.2) is 0 Å². The van der Waals surface area contributed by atoms with Gasteiger partial charge in [0.25, 0.3) is 5.69 Å². The van der Waals surface area contributed by atoms with Crippen molar-refractivity contribution in [3.05, 3.63) is 68.3 Å². The maximum absolute atomic E-state index is 11.0. The van der Waals surface area contributed by atoms with Crippen molar-refractivity contribution >= 4 is 17.8 Å². The van der Waals surface area contributed by atoms with E-state index in [2.05, 4.69) is 0 Å². The van der Waals surface area contributed by atoms with E-state index in [1.807, 2.05) is 0 Å². The lowest BCUT2D eigenvalue weighted by atomic mass is 10.0. The molecule has 0 aromatic heterocycles. The van der Waals surface area contributed by atoms with Gasteiger partial charge in [-0.25, -0.2) is 0 Å². The minimum Gasteiger partial charge on any atom is -0.496 e. The van der Waals surface area contributed by atoms with Crippen molar-refractivity contribution in [3.8, 4) is 5.75 Å².